The minimum atomic E-state index is 0.851. The summed E-state index contributed by atoms with van der Waals surface area (Å²) in [6, 6.07) is 7.82. The lowest BCUT2D eigenvalue weighted by molar-refractivity contribution is 0.414. The van der Waals surface area contributed by atoms with Crippen molar-refractivity contribution in [2.75, 3.05) is 7.11 Å². The average molecular weight is 259 g/mol. The van der Waals surface area contributed by atoms with Gasteiger partial charge in [-0.05, 0) is 37.1 Å². The zero-order valence-corrected chi connectivity index (χ0v) is 11.7. The fraction of sp³-hybridized carbons (Fsp3) is 0.467. The first-order valence-electron chi connectivity index (χ1n) is 6.89. The van der Waals surface area contributed by atoms with Crippen LogP contribution in [0.1, 0.15) is 38.3 Å². The van der Waals surface area contributed by atoms with Gasteiger partial charge in [-0.25, -0.2) is 4.68 Å². The highest BCUT2D eigenvalue weighted by molar-refractivity contribution is 5.36. The van der Waals surface area contributed by atoms with Gasteiger partial charge in [-0.3, -0.25) is 0 Å². The molecule has 0 aliphatic rings. The maximum atomic E-state index is 5.14. The lowest BCUT2D eigenvalue weighted by Crippen LogP contribution is -1.94. The summed E-state index contributed by atoms with van der Waals surface area (Å²) in [4.78, 5) is 0. The molecule has 4 nitrogen and oxygen atoms in total. The van der Waals surface area contributed by atoms with Crippen molar-refractivity contribution in [3.63, 3.8) is 0 Å². The highest BCUT2D eigenvalue weighted by Gasteiger charge is 2.03. The fourth-order valence-electron chi connectivity index (χ4n) is 2.01. The van der Waals surface area contributed by atoms with Crippen LogP contribution in [0.5, 0.6) is 5.75 Å². The smallest absolute Gasteiger partial charge is 0.119 e. The Bertz CT molecular complexity index is 490. The van der Waals surface area contributed by atoms with E-state index in [2.05, 4.69) is 17.2 Å². The number of nitrogens with zero attached hydrogens (tertiary/aromatic N) is 3. The topological polar surface area (TPSA) is 39.9 Å². The molecule has 0 spiro atoms. The van der Waals surface area contributed by atoms with Crippen LogP contribution in [0.25, 0.3) is 5.69 Å². The van der Waals surface area contributed by atoms with E-state index in [0.29, 0.717) is 0 Å². The van der Waals surface area contributed by atoms with Crippen LogP contribution >= 0.6 is 0 Å². The van der Waals surface area contributed by atoms with Crippen molar-refractivity contribution in [3.05, 3.63) is 36.2 Å². The fourth-order valence-corrected chi connectivity index (χ4v) is 2.01. The highest BCUT2D eigenvalue weighted by atomic mass is 16.5. The molecule has 0 N–H and O–H groups in total. The molecule has 0 amide bonds. The van der Waals surface area contributed by atoms with E-state index < -0.39 is 0 Å². The zero-order valence-electron chi connectivity index (χ0n) is 11.7. The summed E-state index contributed by atoms with van der Waals surface area (Å²) in [6.45, 7) is 2.22. The third kappa shape index (κ3) is 3.81. The Balaban J connectivity index is 1.95. The molecule has 0 aliphatic heterocycles. The molecule has 0 unspecified atom stereocenters. The summed E-state index contributed by atoms with van der Waals surface area (Å²) >= 11 is 0. The van der Waals surface area contributed by atoms with Crippen LogP contribution in [0.2, 0.25) is 0 Å². The Morgan fingerprint density at radius 1 is 1.11 bits per heavy atom. The predicted octanol–water partition coefficient (Wildman–Crippen LogP) is 3.40. The van der Waals surface area contributed by atoms with Crippen LogP contribution < -0.4 is 4.74 Å². The van der Waals surface area contributed by atoms with Crippen molar-refractivity contribution in [1.29, 1.82) is 0 Å². The quantitative estimate of drug-likeness (QED) is 0.715. The standard InChI is InChI=1S/C15H21N3O/c1-3-4-5-6-7-13-12-18(17-16-13)14-8-10-15(19-2)11-9-14/h8-12H,3-7H2,1-2H3. The van der Waals surface area contributed by atoms with Crippen molar-refractivity contribution < 1.29 is 4.74 Å². The first-order chi connectivity index (χ1) is 9.33. The molecule has 0 fully saturated rings. The van der Waals surface area contributed by atoms with Gasteiger partial charge in [-0.2, -0.15) is 0 Å². The van der Waals surface area contributed by atoms with Crippen LogP contribution in [0, 0.1) is 0 Å². The molecule has 0 radical (unpaired) electrons. The summed E-state index contributed by atoms with van der Waals surface area (Å²) in [5, 5.41) is 8.38. The van der Waals surface area contributed by atoms with Crippen LogP contribution in [-0.2, 0) is 6.42 Å². The lowest BCUT2D eigenvalue weighted by atomic mass is 10.1. The minimum absolute atomic E-state index is 0.851. The molecule has 2 rings (SSSR count). The van der Waals surface area contributed by atoms with Gasteiger partial charge in [0.1, 0.15) is 5.75 Å². The van der Waals surface area contributed by atoms with E-state index >= 15 is 0 Å². The van der Waals surface area contributed by atoms with Crippen molar-refractivity contribution in [1.82, 2.24) is 15.0 Å². The first kappa shape index (κ1) is 13.6. The predicted molar refractivity (Wildman–Crippen MR) is 75.8 cm³/mol. The summed E-state index contributed by atoms with van der Waals surface area (Å²) in [6.07, 6.45) is 8.04. The van der Waals surface area contributed by atoms with Gasteiger partial charge in [-0.1, -0.05) is 31.4 Å². The van der Waals surface area contributed by atoms with Gasteiger partial charge in [0.25, 0.3) is 0 Å². The molecule has 102 valence electrons. The number of aryl methyl sites for hydroxylation is 1. The van der Waals surface area contributed by atoms with Gasteiger partial charge in [0.2, 0.25) is 0 Å². The Labute approximate surface area is 114 Å². The van der Waals surface area contributed by atoms with Crippen molar-refractivity contribution in [2.24, 2.45) is 0 Å². The molecule has 0 saturated heterocycles. The van der Waals surface area contributed by atoms with Crippen molar-refractivity contribution in [3.8, 4) is 11.4 Å². The third-order valence-electron chi connectivity index (χ3n) is 3.16. The van der Waals surface area contributed by atoms with Crippen LogP contribution in [0.15, 0.2) is 30.5 Å². The normalized spacial score (nSPS) is 10.6. The van der Waals surface area contributed by atoms with Gasteiger partial charge < -0.3 is 4.74 Å². The minimum Gasteiger partial charge on any atom is -0.497 e. The summed E-state index contributed by atoms with van der Waals surface area (Å²) in [5.74, 6) is 0.851. The van der Waals surface area contributed by atoms with E-state index in [9.17, 15) is 0 Å². The van der Waals surface area contributed by atoms with Gasteiger partial charge in [-0.15, -0.1) is 5.10 Å². The maximum absolute atomic E-state index is 5.14. The van der Waals surface area contributed by atoms with Gasteiger partial charge in [0.05, 0.1) is 24.7 Å². The molecule has 1 aromatic carbocycles. The maximum Gasteiger partial charge on any atom is 0.119 e. The number of aromatic nitrogens is 3. The van der Waals surface area contributed by atoms with Crippen LogP contribution in [0.3, 0.4) is 0 Å². The third-order valence-corrected chi connectivity index (χ3v) is 3.16. The summed E-state index contributed by atoms with van der Waals surface area (Å²) in [5.41, 5.74) is 2.07. The second-order valence-corrected chi connectivity index (χ2v) is 4.66. The molecule has 2 aromatic rings. The van der Waals surface area contributed by atoms with Crippen molar-refractivity contribution >= 4 is 0 Å². The Morgan fingerprint density at radius 2 is 1.89 bits per heavy atom. The zero-order chi connectivity index (χ0) is 13.5. The molecule has 0 atom stereocenters. The number of hydrogen-bond acceptors (Lipinski definition) is 3. The summed E-state index contributed by atoms with van der Waals surface area (Å²) < 4.78 is 6.96. The number of benzene rings is 1. The van der Waals surface area contributed by atoms with E-state index in [1.54, 1.807) is 7.11 Å². The molecule has 1 heterocycles. The van der Waals surface area contributed by atoms with E-state index in [1.165, 1.54) is 25.7 Å². The molecule has 1 aromatic heterocycles. The average Bonchev–Trinajstić information content (AvgIpc) is 2.92. The first-order valence-corrected chi connectivity index (χ1v) is 6.89. The molecule has 0 saturated carbocycles. The molecule has 0 bridgehead atoms. The molecule has 19 heavy (non-hydrogen) atoms. The highest BCUT2D eigenvalue weighted by Crippen LogP contribution is 2.14. The van der Waals surface area contributed by atoms with E-state index in [0.717, 1.165) is 23.6 Å². The van der Waals surface area contributed by atoms with Gasteiger partial charge >= 0.3 is 0 Å². The SMILES string of the molecule is CCCCCCc1cn(-c2ccc(OC)cc2)nn1. The van der Waals surface area contributed by atoms with Gasteiger partial charge in [0, 0.05) is 0 Å². The largest absolute Gasteiger partial charge is 0.497 e. The van der Waals surface area contributed by atoms with E-state index in [1.807, 2.05) is 35.1 Å². The second kappa shape index (κ2) is 6.92. The van der Waals surface area contributed by atoms with Crippen LogP contribution in [0.4, 0.5) is 0 Å². The van der Waals surface area contributed by atoms with E-state index in [4.69, 9.17) is 4.74 Å². The Hall–Kier alpha value is -1.84. The molecular formula is C15H21N3O. The van der Waals surface area contributed by atoms with Crippen LogP contribution in [-0.4, -0.2) is 22.1 Å². The molecular weight excluding hydrogens is 238 g/mol. The molecule has 0 aliphatic carbocycles. The monoisotopic (exact) mass is 259 g/mol. The number of hydrogen-bond donors (Lipinski definition) is 0. The molecule has 4 heteroatoms. The number of methoxy groups -OCH3 is 1. The number of ether oxygens (including phenoxy) is 1. The van der Waals surface area contributed by atoms with E-state index in [-0.39, 0.29) is 0 Å². The van der Waals surface area contributed by atoms with Gasteiger partial charge in [0.15, 0.2) is 0 Å². The Kier molecular flexibility index (Phi) is 4.95. The lowest BCUT2D eigenvalue weighted by Gasteiger charge is -2.02. The summed E-state index contributed by atoms with van der Waals surface area (Å²) in [7, 11) is 1.67. The number of rotatable bonds is 7. The second-order valence-electron chi connectivity index (χ2n) is 4.66. The Morgan fingerprint density at radius 3 is 2.58 bits per heavy atom. The van der Waals surface area contributed by atoms with Crippen molar-refractivity contribution in [2.45, 2.75) is 39.0 Å². The number of unbranched alkanes of at least 4 members (excludes halogenated alkanes) is 3.